The summed E-state index contributed by atoms with van der Waals surface area (Å²) in [4.78, 5) is 21.5. The van der Waals surface area contributed by atoms with Crippen LogP contribution in [0.5, 0.6) is 0 Å². The number of carbonyl (C=O) groups is 2. The number of hydrogen-bond donors (Lipinski definition) is 3. The SMILES string of the molecule is NCCCCCC(=O)NCCCCCC(=O)O. The highest BCUT2D eigenvalue weighted by Crippen LogP contribution is 2.00. The second-order valence-corrected chi connectivity index (χ2v) is 4.15. The van der Waals surface area contributed by atoms with Gasteiger partial charge < -0.3 is 16.2 Å². The molecule has 0 bridgehead atoms. The van der Waals surface area contributed by atoms with E-state index in [0.717, 1.165) is 32.1 Å². The quantitative estimate of drug-likeness (QED) is 0.477. The van der Waals surface area contributed by atoms with E-state index in [1.807, 2.05) is 0 Å². The van der Waals surface area contributed by atoms with Crippen LogP contribution in [0.4, 0.5) is 0 Å². The monoisotopic (exact) mass is 244 g/mol. The van der Waals surface area contributed by atoms with Gasteiger partial charge in [-0.25, -0.2) is 0 Å². The number of nitrogens with one attached hydrogen (secondary N) is 1. The molecule has 0 fully saturated rings. The Bertz CT molecular complexity index is 220. The molecule has 1 amide bonds. The van der Waals surface area contributed by atoms with Crippen molar-refractivity contribution < 1.29 is 14.7 Å². The number of unbranched alkanes of at least 4 members (excludes halogenated alkanes) is 4. The van der Waals surface area contributed by atoms with Crippen LogP contribution in [0.3, 0.4) is 0 Å². The van der Waals surface area contributed by atoms with Crippen molar-refractivity contribution in [1.82, 2.24) is 5.32 Å². The van der Waals surface area contributed by atoms with Crippen molar-refractivity contribution in [1.29, 1.82) is 0 Å². The summed E-state index contributed by atoms with van der Waals surface area (Å²) in [7, 11) is 0. The fraction of sp³-hybridized carbons (Fsp3) is 0.833. The van der Waals surface area contributed by atoms with E-state index in [2.05, 4.69) is 5.32 Å². The average Bonchev–Trinajstić information content (AvgIpc) is 2.29. The number of amides is 1. The van der Waals surface area contributed by atoms with Gasteiger partial charge in [0.25, 0.3) is 0 Å². The summed E-state index contributed by atoms with van der Waals surface area (Å²) in [6.45, 7) is 1.33. The number of carbonyl (C=O) groups excluding carboxylic acids is 1. The first-order valence-corrected chi connectivity index (χ1v) is 6.35. The van der Waals surface area contributed by atoms with Crippen LogP contribution in [0.1, 0.15) is 51.4 Å². The molecule has 0 atom stereocenters. The molecular weight excluding hydrogens is 220 g/mol. The lowest BCUT2D eigenvalue weighted by Crippen LogP contribution is -2.24. The zero-order valence-electron chi connectivity index (χ0n) is 10.4. The lowest BCUT2D eigenvalue weighted by Gasteiger charge is -2.04. The molecule has 0 unspecified atom stereocenters. The van der Waals surface area contributed by atoms with Gasteiger partial charge in [0, 0.05) is 19.4 Å². The van der Waals surface area contributed by atoms with Gasteiger partial charge in [0.1, 0.15) is 0 Å². The van der Waals surface area contributed by atoms with Gasteiger partial charge in [-0.05, 0) is 32.2 Å². The Labute approximate surface area is 103 Å². The van der Waals surface area contributed by atoms with Gasteiger partial charge in [-0.3, -0.25) is 9.59 Å². The summed E-state index contributed by atoms with van der Waals surface area (Å²) in [5, 5.41) is 11.3. The van der Waals surface area contributed by atoms with Crippen LogP contribution < -0.4 is 11.1 Å². The molecule has 0 aliphatic carbocycles. The third kappa shape index (κ3) is 12.8. The van der Waals surface area contributed by atoms with Gasteiger partial charge in [0.2, 0.25) is 5.91 Å². The summed E-state index contributed by atoms with van der Waals surface area (Å²) >= 11 is 0. The molecule has 0 heterocycles. The Morgan fingerprint density at radius 2 is 1.59 bits per heavy atom. The molecule has 0 saturated heterocycles. The number of rotatable bonds is 11. The van der Waals surface area contributed by atoms with Gasteiger partial charge in [0.05, 0.1) is 0 Å². The maximum atomic E-state index is 11.3. The number of hydrogen-bond acceptors (Lipinski definition) is 3. The van der Waals surface area contributed by atoms with Crippen molar-refractivity contribution in [3.63, 3.8) is 0 Å². The van der Waals surface area contributed by atoms with Crippen LogP contribution in [-0.4, -0.2) is 30.1 Å². The molecule has 0 rings (SSSR count). The average molecular weight is 244 g/mol. The standard InChI is InChI=1S/C12H24N2O3/c13-9-5-1-3-7-11(15)14-10-6-2-4-8-12(16)17/h1-10,13H2,(H,14,15)(H,16,17). The highest BCUT2D eigenvalue weighted by atomic mass is 16.4. The molecule has 0 spiro atoms. The van der Waals surface area contributed by atoms with Crippen molar-refractivity contribution in [2.24, 2.45) is 5.73 Å². The van der Waals surface area contributed by atoms with E-state index in [4.69, 9.17) is 10.8 Å². The van der Waals surface area contributed by atoms with Crippen LogP contribution >= 0.6 is 0 Å². The zero-order valence-corrected chi connectivity index (χ0v) is 10.4. The predicted molar refractivity (Wildman–Crippen MR) is 66.6 cm³/mol. The molecule has 100 valence electrons. The number of nitrogens with two attached hydrogens (primary N) is 1. The maximum Gasteiger partial charge on any atom is 0.303 e. The van der Waals surface area contributed by atoms with Gasteiger partial charge in [-0.2, -0.15) is 0 Å². The third-order valence-corrected chi connectivity index (χ3v) is 2.50. The lowest BCUT2D eigenvalue weighted by atomic mass is 10.1. The van der Waals surface area contributed by atoms with Crippen LogP contribution in [0.25, 0.3) is 0 Å². The second-order valence-electron chi connectivity index (χ2n) is 4.15. The summed E-state index contributed by atoms with van der Waals surface area (Å²) in [5.41, 5.74) is 5.35. The van der Waals surface area contributed by atoms with Gasteiger partial charge in [-0.15, -0.1) is 0 Å². The predicted octanol–water partition coefficient (Wildman–Crippen LogP) is 1.27. The molecule has 0 aromatic heterocycles. The van der Waals surface area contributed by atoms with E-state index >= 15 is 0 Å². The van der Waals surface area contributed by atoms with E-state index in [1.165, 1.54) is 0 Å². The molecule has 0 aromatic rings. The van der Waals surface area contributed by atoms with E-state index in [-0.39, 0.29) is 12.3 Å². The highest BCUT2D eigenvalue weighted by molar-refractivity contribution is 5.75. The summed E-state index contributed by atoms with van der Waals surface area (Å²) in [6, 6.07) is 0. The largest absolute Gasteiger partial charge is 0.481 e. The number of carboxylic acid groups (broad SMARTS) is 1. The molecule has 4 N–H and O–H groups in total. The van der Waals surface area contributed by atoms with E-state index in [0.29, 0.717) is 25.9 Å². The molecular formula is C12H24N2O3. The normalized spacial score (nSPS) is 10.2. The first-order valence-electron chi connectivity index (χ1n) is 6.35. The molecule has 0 radical (unpaired) electrons. The minimum Gasteiger partial charge on any atom is -0.481 e. The first kappa shape index (κ1) is 15.9. The lowest BCUT2D eigenvalue weighted by molar-refractivity contribution is -0.137. The van der Waals surface area contributed by atoms with Crippen LogP contribution in [0, 0.1) is 0 Å². The van der Waals surface area contributed by atoms with E-state index < -0.39 is 5.97 Å². The molecule has 5 heteroatoms. The van der Waals surface area contributed by atoms with Crippen molar-refractivity contribution >= 4 is 11.9 Å². The summed E-state index contributed by atoms with van der Waals surface area (Å²) < 4.78 is 0. The molecule has 0 saturated carbocycles. The molecule has 0 aromatic carbocycles. The smallest absolute Gasteiger partial charge is 0.303 e. The number of aliphatic carboxylic acids is 1. The Hall–Kier alpha value is -1.10. The summed E-state index contributed by atoms with van der Waals surface area (Å²) in [6.07, 6.45) is 6.03. The number of carboxylic acids is 1. The fourth-order valence-corrected chi connectivity index (χ4v) is 1.50. The minimum absolute atomic E-state index is 0.0836. The van der Waals surface area contributed by atoms with Gasteiger partial charge in [-0.1, -0.05) is 12.8 Å². The Morgan fingerprint density at radius 1 is 0.941 bits per heavy atom. The third-order valence-electron chi connectivity index (χ3n) is 2.50. The van der Waals surface area contributed by atoms with Crippen molar-refractivity contribution in [2.75, 3.05) is 13.1 Å². The molecule has 0 aliphatic rings. The second kappa shape index (κ2) is 11.4. The van der Waals surface area contributed by atoms with Gasteiger partial charge in [0.15, 0.2) is 0 Å². The Balaban J connectivity index is 3.19. The molecule has 0 aliphatic heterocycles. The topological polar surface area (TPSA) is 92.4 Å². The van der Waals surface area contributed by atoms with Crippen LogP contribution in [0.15, 0.2) is 0 Å². The molecule has 17 heavy (non-hydrogen) atoms. The van der Waals surface area contributed by atoms with Crippen molar-refractivity contribution in [2.45, 2.75) is 51.4 Å². The highest BCUT2D eigenvalue weighted by Gasteiger charge is 2.00. The van der Waals surface area contributed by atoms with Crippen molar-refractivity contribution in [3.8, 4) is 0 Å². The summed E-state index contributed by atoms with van der Waals surface area (Å²) in [5.74, 6) is -0.672. The molecule has 5 nitrogen and oxygen atoms in total. The first-order chi connectivity index (χ1) is 8.16. The van der Waals surface area contributed by atoms with Crippen molar-refractivity contribution in [3.05, 3.63) is 0 Å². The fourth-order valence-electron chi connectivity index (χ4n) is 1.50. The van der Waals surface area contributed by atoms with Gasteiger partial charge >= 0.3 is 5.97 Å². The van der Waals surface area contributed by atoms with E-state index in [1.54, 1.807) is 0 Å². The van der Waals surface area contributed by atoms with E-state index in [9.17, 15) is 9.59 Å². The Morgan fingerprint density at radius 3 is 2.24 bits per heavy atom. The Kier molecular flexibility index (Phi) is 10.7. The zero-order chi connectivity index (χ0) is 12.9. The van der Waals surface area contributed by atoms with Crippen LogP contribution in [-0.2, 0) is 9.59 Å². The maximum absolute atomic E-state index is 11.3. The minimum atomic E-state index is -0.756. The van der Waals surface area contributed by atoms with Crippen LogP contribution in [0.2, 0.25) is 0 Å².